The summed E-state index contributed by atoms with van der Waals surface area (Å²) in [5.74, 6) is 0.292. The zero-order valence-corrected chi connectivity index (χ0v) is 15.3. The third-order valence-corrected chi connectivity index (χ3v) is 4.48. The van der Waals surface area contributed by atoms with Gasteiger partial charge in [0.05, 0.1) is 25.6 Å². The lowest BCUT2D eigenvalue weighted by atomic mass is 10.1. The van der Waals surface area contributed by atoms with E-state index in [9.17, 15) is 9.59 Å². The van der Waals surface area contributed by atoms with Crippen molar-refractivity contribution in [1.29, 1.82) is 0 Å². The molecule has 1 heterocycles. The predicted molar refractivity (Wildman–Crippen MR) is 98.2 cm³/mol. The summed E-state index contributed by atoms with van der Waals surface area (Å²) in [6.45, 7) is 4.92. The fraction of sp³-hybridized carbons (Fsp3) is 0.333. The van der Waals surface area contributed by atoms with Gasteiger partial charge in [0.1, 0.15) is 11.9 Å². The fourth-order valence-electron chi connectivity index (χ4n) is 3.06. The summed E-state index contributed by atoms with van der Waals surface area (Å²) in [5, 5.41) is 0. The third-order valence-electron chi connectivity index (χ3n) is 4.48. The van der Waals surface area contributed by atoms with Crippen molar-refractivity contribution in [1.82, 2.24) is 4.90 Å². The molecule has 0 aromatic heterocycles. The van der Waals surface area contributed by atoms with E-state index in [2.05, 4.69) is 0 Å². The van der Waals surface area contributed by atoms with Crippen LogP contribution in [0.2, 0.25) is 0 Å². The topological polar surface area (TPSA) is 55.8 Å². The van der Waals surface area contributed by atoms with Crippen molar-refractivity contribution in [2.24, 2.45) is 0 Å². The molecular weight excluding hydrogens is 330 g/mol. The van der Waals surface area contributed by atoms with Crippen LogP contribution in [0.3, 0.4) is 0 Å². The summed E-state index contributed by atoms with van der Waals surface area (Å²) in [4.78, 5) is 26.3. The SMILES string of the molecule is COC(=O)c1ccc2c(c1)O[C@@H](C)CN(C(=O)Cc1ccc(C)cc1)C2. The second kappa shape index (κ2) is 7.60. The van der Waals surface area contributed by atoms with E-state index >= 15 is 0 Å². The summed E-state index contributed by atoms with van der Waals surface area (Å²) < 4.78 is 10.7. The number of esters is 1. The standard InChI is InChI=1S/C21H23NO4/c1-14-4-6-16(7-5-14)10-20(23)22-12-15(2)26-19-11-17(21(24)25-3)8-9-18(19)13-22/h4-9,11,15H,10,12-13H2,1-3H3/t15-/m0/s1. The van der Waals surface area contributed by atoms with Gasteiger partial charge in [0.25, 0.3) is 0 Å². The van der Waals surface area contributed by atoms with Gasteiger partial charge in [0.2, 0.25) is 5.91 Å². The molecule has 5 heteroatoms. The maximum Gasteiger partial charge on any atom is 0.337 e. The first kappa shape index (κ1) is 18.0. The third kappa shape index (κ3) is 4.04. The van der Waals surface area contributed by atoms with Crippen LogP contribution in [0.25, 0.3) is 0 Å². The molecule has 0 radical (unpaired) electrons. The molecule has 0 aliphatic carbocycles. The van der Waals surface area contributed by atoms with Gasteiger partial charge in [0, 0.05) is 12.1 Å². The van der Waals surface area contributed by atoms with Gasteiger partial charge in [-0.25, -0.2) is 4.79 Å². The van der Waals surface area contributed by atoms with Crippen LogP contribution in [0, 0.1) is 6.92 Å². The van der Waals surface area contributed by atoms with Gasteiger partial charge >= 0.3 is 5.97 Å². The molecule has 136 valence electrons. The Bertz CT molecular complexity index is 813. The highest BCUT2D eigenvalue weighted by molar-refractivity contribution is 5.90. The Morgan fingerprint density at radius 3 is 2.62 bits per heavy atom. The minimum Gasteiger partial charge on any atom is -0.488 e. The van der Waals surface area contributed by atoms with Crippen molar-refractivity contribution in [3.63, 3.8) is 0 Å². The molecule has 0 saturated heterocycles. The fourth-order valence-corrected chi connectivity index (χ4v) is 3.06. The maximum absolute atomic E-state index is 12.8. The molecule has 0 unspecified atom stereocenters. The number of ether oxygens (including phenoxy) is 2. The molecule has 2 aromatic rings. The lowest BCUT2D eigenvalue weighted by molar-refractivity contribution is -0.131. The van der Waals surface area contributed by atoms with E-state index < -0.39 is 5.97 Å². The van der Waals surface area contributed by atoms with Crippen molar-refractivity contribution >= 4 is 11.9 Å². The Morgan fingerprint density at radius 2 is 1.92 bits per heavy atom. The summed E-state index contributed by atoms with van der Waals surface area (Å²) in [5.41, 5.74) is 3.50. The van der Waals surface area contributed by atoms with E-state index in [-0.39, 0.29) is 12.0 Å². The van der Waals surface area contributed by atoms with Crippen molar-refractivity contribution in [2.45, 2.75) is 32.9 Å². The van der Waals surface area contributed by atoms with Crippen LogP contribution >= 0.6 is 0 Å². The molecule has 1 atom stereocenters. The molecule has 1 aliphatic heterocycles. The molecule has 26 heavy (non-hydrogen) atoms. The smallest absolute Gasteiger partial charge is 0.337 e. The van der Waals surface area contributed by atoms with Crippen LogP contribution in [0.4, 0.5) is 0 Å². The number of rotatable bonds is 3. The average Bonchev–Trinajstić information content (AvgIpc) is 2.80. The van der Waals surface area contributed by atoms with Crippen molar-refractivity contribution in [2.75, 3.05) is 13.7 Å². The quantitative estimate of drug-likeness (QED) is 0.796. The average molecular weight is 353 g/mol. The van der Waals surface area contributed by atoms with Gasteiger partial charge in [-0.3, -0.25) is 4.79 Å². The second-order valence-electron chi connectivity index (χ2n) is 6.68. The first-order valence-corrected chi connectivity index (χ1v) is 8.67. The number of hydrogen-bond donors (Lipinski definition) is 0. The van der Waals surface area contributed by atoms with Gasteiger partial charge in [-0.2, -0.15) is 0 Å². The number of benzene rings is 2. The van der Waals surface area contributed by atoms with Crippen molar-refractivity contribution < 1.29 is 19.1 Å². The minimum absolute atomic E-state index is 0.0641. The number of amides is 1. The summed E-state index contributed by atoms with van der Waals surface area (Å²) in [6, 6.07) is 13.2. The Kier molecular flexibility index (Phi) is 5.26. The van der Waals surface area contributed by atoms with Crippen LogP contribution < -0.4 is 4.74 Å². The maximum atomic E-state index is 12.8. The first-order chi connectivity index (χ1) is 12.5. The molecule has 3 rings (SSSR count). The van der Waals surface area contributed by atoms with Gasteiger partial charge in [-0.1, -0.05) is 35.9 Å². The Hall–Kier alpha value is -2.82. The number of methoxy groups -OCH3 is 1. The normalized spacial score (nSPS) is 16.3. The van der Waals surface area contributed by atoms with Gasteiger partial charge in [-0.15, -0.1) is 0 Å². The van der Waals surface area contributed by atoms with E-state index in [0.717, 1.165) is 11.1 Å². The highest BCUT2D eigenvalue weighted by atomic mass is 16.5. The number of aryl methyl sites for hydroxylation is 1. The molecule has 0 spiro atoms. The molecule has 5 nitrogen and oxygen atoms in total. The van der Waals surface area contributed by atoms with Crippen LogP contribution in [0.5, 0.6) is 5.75 Å². The predicted octanol–water partition coefficient (Wildman–Crippen LogP) is 3.13. The summed E-state index contributed by atoms with van der Waals surface area (Å²) in [7, 11) is 1.35. The zero-order chi connectivity index (χ0) is 18.7. The van der Waals surface area contributed by atoms with E-state index in [0.29, 0.717) is 30.8 Å². The monoisotopic (exact) mass is 353 g/mol. The second-order valence-corrected chi connectivity index (χ2v) is 6.68. The minimum atomic E-state index is -0.402. The molecule has 0 bridgehead atoms. The van der Waals surface area contributed by atoms with E-state index in [1.165, 1.54) is 12.7 Å². The van der Waals surface area contributed by atoms with Crippen LogP contribution in [0.1, 0.15) is 34.0 Å². The highest BCUT2D eigenvalue weighted by Crippen LogP contribution is 2.27. The Balaban J connectivity index is 1.79. The summed E-state index contributed by atoms with van der Waals surface area (Å²) in [6.07, 6.45) is 0.203. The summed E-state index contributed by atoms with van der Waals surface area (Å²) >= 11 is 0. The van der Waals surface area contributed by atoms with Gasteiger partial charge < -0.3 is 14.4 Å². The van der Waals surface area contributed by atoms with Crippen LogP contribution in [-0.2, 0) is 22.5 Å². The first-order valence-electron chi connectivity index (χ1n) is 8.67. The van der Waals surface area contributed by atoms with Crippen LogP contribution in [0.15, 0.2) is 42.5 Å². The number of carbonyl (C=O) groups excluding carboxylic acids is 2. The number of nitrogens with zero attached hydrogens (tertiary/aromatic N) is 1. The van der Waals surface area contributed by atoms with E-state index in [1.54, 1.807) is 12.1 Å². The Morgan fingerprint density at radius 1 is 1.19 bits per heavy atom. The molecule has 0 fully saturated rings. The van der Waals surface area contributed by atoms with E-state index in [1.807, 2.05) is 49.1 Å². The highest BCUT2D eigenvalue weighted by Gasteiger charge is 2.24. The van der Waals surface area contributed by atoms with Gasteiger partial charge in [-0.05, 0) is 31.5 Å². The van der Waals surface area contributed by atoms with Crippen molar-refractivity contribution in [3.05, 3.63) is 64.7 Å². The van der Waals surface area contributed by atoms with E-state index in [4.69, 9.17) is 9.47 Å². The van der Waals surface area contributed by atoms with Crippen molar-refractivity contribution in [3.8, 4) is 5.75 Å². The molecule has 1 aliphatic rings. The molecular formula is C21H23NO4. The number of carbonyl (C=O) groups is 2. The van der Waals surface area contributed by atoms with Gasteiger partial charge in [0.15, 0.2) is 0 Å². The largest absolute Gasteiger partial charge is 0.488 e. The van der Waals surface area contributed by atoms with Crippen LogP contribution in [-0.4, -0.2) is 36.5 Å². The number of fused-ring (bicyclic) bond motifs is 1. The molecule has 1 amide bonds. The number of hydrogen-bond acceptors (Lipinski definition) is 4. The lowest BCUT2D eigenvalue weighted by Gasteiger charge is -2.22. The zero-order valence-electron chi connectivity index (χ0n) is 15.3. The molecule has 2 aromatic carbocycles. The molecule has 0 saturated carbocycles. The molecule has 0 N–H and O–H groups in total. The lowest BCUT2D eigenvalue weighted by Crippen LogP contribution is -2.36. The Labute approximate surface area is 153 Å².